The van der Waals surface area contributed by atoms with Gasteiger partial charge in [0.05, 0.1) is 5.69 Å². The largest absolute Gasteiger partial charge is 0.337 e. The van der Waals surface area contributed by atoms with E-state index in [0.717, 1.165) is 34.2 Å². The zero-order valence-corrected chi connectivity index (χ0v) is 16.1. The minimum Gasteiger partial charge on any atom is -0.337 e. The summed E-state index contributed by atoms with van der Waals surface area (Å²) >= 11 is 0. The van der Waals surface area contributed by atoms with E-state index in [4.69, 9.17) is 4.52 Å². The molecule has 5 rings (SSSR count). The second kappa shape index (κ2) is 7.04. The molecule has 2 amide bonds. The molecule has 3 aromatic rings. The summed E-state index contributed by atoms with van der Waals surface area (Å²) in [5.74, 6) is -2.99. The van der Waals surface area contributed by atoms with E-state index in [0.29, 0.717) is 5.82 Å². The molecule has 2 atom stereocenters. The van der Waals surface area contributed by atoms with Crippen LogP contribution in [0, 0.1) is 18.6 Å². The maximum Gasteiger partial charge on any atom is 0.263 e. The van der Waals surface area contributed by atoms with Crippen LogP contribution in [-0.4, -0.2) is 39.0 Å². The number of carbonyl (C=O) groups excluding carboxylic acids is 2. The van der Waals surface area contributed by atoms with Crippen LogP contribution in [0.5, 0.6) is 0 Å². The lowest BCUT2D eigenvalue weighted by Crippen LogP contribution is -2.39. The van der Waals surface area contributed by atoms with Gasteiger partial charge in [-0.05, 0) is 24.6 Å². The number of fused-ring (bicyclic) bond motifs is 1. The van der Waals surface area contributed by atoms with Crippen molar-refractivity contribution >= 4 is 17.5 Å². The van der Waals surface area contributed by atoms with Gasteiger partial charge in [-0.1, -0.05) is 34.6 Å². The number of anilines is 1. The Labute approximate surface area is 173 Å². The van der Waals surface area contributed by atoms with Crippen LogP contribution in [0.15, 0.2) is 57.3 Å². The molecule has 0 radical (unpaired) electrons. The Bertz CT molecular complexity index is 1240. The zero-order valence-electron chi connectivity index (χ0n) is 16.1. The first-order chi connectivity index (χ1) is 14.9. The molecule has 2 aliphatic rings. The molecule has 0 saturated carbocycles. The van der Waals surface area contributed by atoms with E-state index in [1.165, 1.54) is 5.01 Å². The average Bonchev–Trinajstić information content (AvgIpc) is 3.43. The van der Waals surface area contributed by atoms with Crippen LogP contribution in [0.2, 0.25) is 0 Å². The summed E-state index contributed by atoms with van der Waals surface area (Å²) in [5.41, 5.74) is 1.70. The summed E-state index contributed by atoms with van der Waals surface area (Å²) in [6.45, 7) is 1.87. The molecular formula is C20H14F2N6O3. The van der Waals surface area contributed by atoms with E-state index in [9.17, 15) is 18.4 Å². The van der Waals surface area contributed by atoms with Crippen LogP contribution >= 0.6 is 0 Å². The standard InChI is InChI=1S/C20H14F2N6O3/c1-10-4-2-3-5-12(10)18-23-15(31-25-18)9-27-17-16(24-26-27)19(29)28(20(17)30)11-6-7-13(21)14(22)8-11/h2-8,16-17H,9H2,1H3/t16-,17+/m0/s1. The van der Waals surface area contributed by atoms with Gasteiger partial charge in [-0.3, -0.25) is 14.6 Å². The van der Waals surface area contributed by atoms with Crippen molar-refractivity contribution in [3.63, 3.8) is 0 Å². The Morgan fingerprint density at radius 2 is 1.87 bits per heavy atom. The number of amides is 2. The van der Waals surface area contributed by atoms with Gasteiger partial charge >= 0.3 is 0 Å². The minimum absolute atomic E-state index is 0.0474. The number of nitrogens with zero attached hydrogens (tertiary/aromatic N) is 6. The monoisotopic (exact) mass is 424 g/mol. The minimum atomic E-state index is -1.16. The third kappa shape index (κ3) is 3.05. The van der Waals surface area contributed by atoms with Gasteiger partial charge in [-0.15, -0.1) is 0 Å². The van der Waals surface area contributed by atoms with Gasteiger partial charge in [-0.2, -0.15) is 10.1 Å². The highest BCUT2D eigenvalue weighted by atomic mass is 19.2. The van der Waals surface area contributed by atoms with Crippen molar-refractivity contribution < 1.29 is 22.9 Å². The van der Waals surface area contributed by atoms with Gasteiger partial charge < -0.3 is 4.52 Å². The number of halogens is 2. The SMILES string of the molecule is Cc1ccccc1-c1noc(CN2N=N[C@@H]3C(=O)N(c4ccc(F)c(F)c4)C(=O)[C@@H]32)n1. The van der Waals surface area contributed by atoms with E-state index in [-0.39, 0.29) is 18.1 Å². The molecule has 1 fully saturated rings. The second-order valence-electron chi connectivity index (χ2n) is 7.13. The lowest BCUT2D eigenvalue weighted by atomic mass is 10.1. The quantitative estimate of drug-likeness (QED) is 0.597. The summed E-state index contributed by atoms with van der Waals surface area (Å²) in [5, 5.41) is 13.0. The van der Waals surface area contributed by atoms with Crippen LogP contribution in [0.1, 0.15) is 11.5 Å². The van der Waals surface area contributed by atoms with Crippen molar-refractivity contribution in [2.45, 2.75) is 25.6 Å². The topological polar surface area (TPSA) is 104 Å². The number of benzene rings is 2. The Balaban J connectivity index is 1.38. The van der Waals surface area contributed by atoms with Crippen molar-refractivity contribution in [3.05, 3.63) is 65.6 Å². The number of aryl methyl sites for hydroxylation is 1. The molecule has 0 bridgehead atoms. The molecule has 0 unspecified atom stereocenters. The molecule has 1 saturated heterocycles. The molecule has 0 N–H and O–H groups in total. The Morgan fingerprint density at radius 3 is 2.65 bits per heavy atom. The first kappa shape index (κ1) is 19.0. The fourth-order valence-electron chi connectivity index (χ4n) is 3.62. The van der Waals surface area contributed by atoms with Gasteiger partial charge in [0, 0.05) is 11.6 Å². The van der Waals surface area contributed by atoms with Crippen molar-refractivity contribution in [3.8, 4) is 11.4 Å². The highest BCUT2D eigenvalue weighted by molar-refractivity contribution is 6.25. The maximum absolute atomic E-state index is 13.6. The predicted molar refractivity (Wildman–Crippen MR) is 101 cm³/mol. The predicted octanol–water partition coefficient (Wildman–Crippen LogP) is 2.82. The molecule has 11 heteroatoms. The molecule has 2 aliphatic heterocycles. The first-order valence-electron chi connectivity index (χ1n) is 9.33. The van der Waals surface area contributed by atoms with Gasteiger partial charge in [0.25, 0.3) is 11.8 Å². The van der Waals surface area contributed by atoms with Crippen LogP contribution in [0.25, 0.3) is 11.4 Å². The second-order valence-corrected chi connectivity index (χ2v) is 7.13. The average molecular weight is 424 g/mol. The Morgan fingerprint density at radius 1 is 1.06 bits per heavy atom. The van der Waals surface area contributed by atoms with Crippen LogP contribution in [0.4, 0.5) is 14.5 Å². The molecular weight excluding hydrogens is 410 g/mol. The highest BCUT2D eigenvalue weighted by Crippen LogP contribution is 2.33. The number of imide groups is 1. The zero-order chi connectivity index (χ0) is 21.7. The fourth-order valence-corrected chi connectivity index (χ4v) is 3.62. The number of carbonyl (C=O) groups is 2. The van der Waals surface area contributed by atoms with Gasteiger partial charge in [0.1, 0.15) is 6.54 Å². The summed E-state index contributed by atoms with van der Waals surface area (Å²) in [6.07, 6.45) is 0. The molecule has 31 heavy (non-hydrogen) atoms. The summed E-state index contributed by atoms with van der Waals surface area (Å²) in [4.78, 5) is 30.7. The van der Waals surface area contributed by atoms with Crippen LogP contribution in [-0.2, 0) is 16.1 Å². The van der Waals surface area contributed by atoms with Crippen molar-refractivity contribution in [1.29, 1.82) is 0 Å². The lowest BCUT2D eigenvalue weighted by Gasteiger charge is -2.19. The van der Waals surface area contributed by atoms with Crippen molar-refractivity contribution in [1.82, 2.24) is 15.1 Å². The Kier molecular flexibility index (Phi) is 4.31. The molecule has 0 aliphatic carbocycles. The molecule has 2 aromatic carbocycles. The first-order valence-corrected chi connectivity index (χ1v) is 9.33. The van der Waals surface area contributed by atoms with E-state index in [2.05, 4.69) is 20.5 Å². The summed E-state index contributed by atoms with van der Waals surface area (Å²) < 4.78 is 32.1. The van der Waals surface area contributed by atoms with E-state index < -0.39 is 35.5 Å². The van der Waals surface area contributed by atoms with E-state index in [1.54, 1.807) is 0 Å². The molecule has 9 nitrogen and oxygen atoms in total. The molecule has 3 heterocycles. The van der Waals surface area contributed by atoms with Crippen molar-refractivity contribution in [2.24, 2.45) is 10.3 Å². The van der Waals surface area contributed by atoms with Crippen LogP contribution in [0.3, 0.4) is 0 Å². The smallest absolute Gasteiger partial charge is 0.263 e. The number of rotatable bonds is 4. The third-order valence-corrected chi connectivity index (χ3v) is 5.17. The van der Waals surface area contributed by atoms with E-state index in [1.807, 2.05) is 31.2 Å². The summed E-state index contributed by atoms with van der Waals surface area (Å²) in [6, 6.07) is 8.20. The fraction of sp³-hybridized carbons (Fsp3) is 0.200. The van der Waals surface area contributed by atoms with Gasteiger partial charge in [-0.25, -0.2) is 13.7 Å². The van der Waals surface area contributed by atoms with E-state index >= 15 is 0 Å². The third-order valence-electron chi connectivity index (χ3n) is 5.17. The highest BCUT2D eigenvalue weighted by Gasteiger charge is 2.55. The van der Waals surface area contributed by atoms with Crippen LogP contribution < -0.4 is 4.90 Å². The summed E-state index contributed by atoms with van der Waals surface area (Å²) in [7, 11) is 0. The van der Waals surface area contributed by atoms with Gasteiger partial charge in [0.2, 0.25) is 11.7 Å². The van der Waals surface area contributed by atoms with Gasteiger partial charge in [0.15, 0.2) is 23.7 Å². The normalized spacial score (nSPS) is 20.1. The van der Waals surface area contributed by atoms with Crippen molar-refractivity contribution in [2.75, 3.05) is 4.90 Å². The number of hydrogen-bond donors (Lipinski definition) is 0. The molecule has 156 valence electrons. The molecule has 1 aromatic heterocycles. The molecule has 0 spiro atoms. The maximum atomic E-state index is 13.6. The Hall–Kier alpha value is -4.02. The lowest BCUT2D eigenvalue weighted by molar-refractivity contribution is -0.123. The number of hydrogen-bond acceptors (Lipinski definition) is 8. The number of aromatic nitrogens is 2.